The van der Waals surface area contributed by atoms with Crippen molar-refractivity contribution in [3.8, 4) is 0 Å². The van der Waals surface area contributed by atoms with E-state index in [9.17, 15) is 14.4 Å². The number of esters is 1. The minimum atomic E-state index is -0.699. The third kappa shape index (κ3) is 4.32. The van der Waals surface area contributed by atoms with E-state index in [2.05, 4.69) is 10.4 Å². The number of urea groups is 1. The summed E-state index contributed by atoms with van der Waals surface area (Å²) in [5, 5.41) is 9.67. The molecule has 0 saturated carbocycles. The van der Waals surface area contributed by atoms with Crippen LogP contribution in [0.3, 0.4) is 0 Å². The number of imide groups is 1. The maximum absolute atomic E-state index is 12.2. The Morgan fingerprint density at radius 2 is 1.96 bits per heavy atom. The van der Waals surface area contributed by atoms with Crippen LogP contribution in [0.15, 0.2) is 36.4 Å². The molecule has 3 rings (SSSR count). The van der Waals surface area contributed by atoms with Crippen LogP contribution in [0, 0.1) is 6.92 Å². The number of fused-ring (bicyclic) bond motifs is 1. The highest BCUT2D eigenvalue weighted by Gasteiger charge is 2.18. The fourth-order valence-corrected chi connectivity index (χ4v) is 3.56. The van der Waals surface area contributed by atoms with Crippen LogP contribution in [0.2, 0.25) is 0 Å². The third-order valence-corrected chi connectivity index (χ3v) is 4.93. The topological polar surface area (TPSA) is 102 Å². The van der Waals surface area contributed by atoms with Gasteiger partial charge in [-0.1, -0.05) is 30.3 Å². The number of benzene rings is 1. The van der Waals surface area contributed by atoms with E-state index in [0.717, 1.165) is 21.5 Å². The van der Waals surface area contributed by atoms with Gasteiger partial charge < -0.3 is 10.1 Å². The molecule has 0 aliphatic rings. The van der Waals surface area contributed by atoms with Gasteiger partial charge in [0.15, 0.2) is 6.61 Å². The van der Waals surface area contributed by atoms with Gasteiger partial charge >= 0.3 is 12.0 Å². The van der Waals surface area contributed by atoms with Crippen molar-refractivity contribution in [3.05, 3.63) is 52.5 Å². The van der Waals surface area contributed by atoms with Crippen LogP contribution in [0.5, 0.6) is 0 Å². The van der Waals surface area contributed by atoms with Gasteiger partial charge in [0.1, 0.15) is 9.71 Å². The maximum Gasteiger partial charge on any atom is 0.348 e. The van der Waals surface area contributed by atoms with Crippen LogP contribution >= 0.6 is 11.3 Å². The van der Waals surface area contributed by atoms with E-state index in [1.807, 2.05) is 47.3 Å². The zero-order chi connectivity index (χ0) is 19.4. The van der Waals surface area contributed by atoms with Gasteiger partial charge in [0.05, 0.1) is 12.2 Å². The van der Waals surface area contributed by atoms with E-state index in [4.69, 9.17) is 4.74 Å². The lowest BCUT2D eigenvalue weighted by Gasteiger charge is -2.04. The van der Waals surface area contributed by atoms with Gasteiger partial charge in [-0.25, -0.2) is 9.59 Å². The number of nitrogens with zero attached hydrogens (tertiary/aromatic N) is 2. The number of aryl methyl sites for hydroxylation is 1. The number of carbonyl (C=O) groups excluding carboxylic acids is 3. The van der Waals surface area contributed by atoms with E-state index in [1.54, 1.807) is 6.07 Å². The van der Waals surface area contributed by atoms with E-state index in [0.29, 0.717) is 11.4 Å². The van der Waals surface area contributed by atoms with Gasteiger partial charge in [-0.3, -0.25) is 14.8 Å². The van der Waals surface area contributed by atoms with Crippen molar-refractivity contribution in [2.45, 2.75) is 13.5 Å². The number of hydrogen-bond donors (Lipinski definition) is 2. The Balaban J connectivity index is 1.72. The standard InChI is InChI=1S/C18H18N4O4S/c1-11-13-8-14(17(24)26-10-15(23)20-18(25)19-2)27-16(13)22(21-11)9-12-6-4-3-5-7-12/h3-8H,9-10H2,1-2H3,(H2,19,20,23,25). The van der Waals surface area contributed by atoms with Gasteiger partial charge in [0.25, 0.3) is 5.91 Å². The number of aromatic nitrogens is 2. The molecule has 3 amide bonds. The molecule has 0 aliphatic carbocycles. The Kier molecular flexibility index (Phi) is 5.51. The van der Waals surface area contributed by atoms with Gasteiger partial charge in [0.2, 0.25) is 0 Å². The second kappa shape index (κ2) is 8.00. The molecular weight excluding hydrogens is 368 g/mol. The Morgan fingerprint density at radius 3 is 2.67 bits per heavy atom. The zero-order valence-corrected chi connectivity index (χ0v) is 15.6. The molecular formula is C18H18N4O4S. The molecule has 0 bridgehead atoms. The zero-order valence-electron chi connectivity index (χ0n) is 14.8. The molecule has 8 nitrogen and oxygen atoms in total. The predicted molar refractivity (Wildman–Crippen MR) is 101 cm³/mol. The number of carbonyl (C=O) groups is 3. The third-order valence-electron chi connectivity index (χ3n) is 3.80. The Labute approximate surface area is 159 Å². The number of rotatable bonds is 5. The van der Waals surface area contributed by atoms with Crippen molar-refractivity contribution in [3.63, 3.8) is 0 Å². The molecule has 1 aromatic carbocycles. The average Bonchev–Trinajstić information content (AvgIpc) is 3.22. The van der Waals surface area contributed by atoms with Crippen LogP contribution in [-0.2, 0) is 16.1 Å². The first-order valence-electron chi connectivity index (χ1n) is 8.17. The second-order valence-electron chi connectivity index (χ2n) is 5.76. The average molecular weight is 386 g/mol. The SMILES string of the molecule is CNC(=O)NC(=O)COC(=O)c1cc2c(C)nn(Cc3ccccc3)c2s1. The van der Waals surface area contributed by atoms with Gasteiger partial charge in [-0.2, -0.15) is 5.10 Å². The lowest BCUT2D eigenvalue weighted by molar-refractivity contribution is -0.123. The summed E-state index contributed by atoms with van der Waals surface area (Å²) in [4.78, 5) is 36.0. The molecule has 0 atom stereocenters. The Bertz CT molecular complexity index is 994. The number of hydrogen-bond acceptors (Lipinski definition) is 6. The van der Waals surface area contributed by atoms with E-state index < -0.39 is 24.5 Å². The largest absolute Gasteiger partial charge is 0.451 e. The van der Waals surface area contributed by atoms with Crippen molar-refractivity contribution in [1.82, 2.24) is 20.4 Å². The number of nitrogens with one attached hydrogen (secondary N) is 2. The highest BCUT2D eigenvalue weighted by Crippen LogP contribution is 2.29. The molecule has 2 aromatic heterocycles. The normalized spacial score (nSPS) is 10.6. The summed E-state index contributed by atoms with van der Waals surface area (Å²) >= 11 is 1.26. The van der Waals surface area contributed by atoms with Crippen molar-refractivity contribution in [1.29, 1.82) is 0 Å². The number of thiophene rings is 1. The highest BCUT2D eigenvalue weighted by atomic mass is 32.1. The van der Waals surface area contributed by atoms with Crippen LogP contribution in [0.1, 0.15) is 20.9 Å². The highest BCUT2D eigenvalue weighted by molar-refractivity contribution is 7.20. The minimum Gasteiger partial charge on any atom is -0.451 e. The van der Waals surface area contributed by atoms with Crippen LogP contribution in [0.4, 0.5) is 4.79 Å². The quantitative estimate of drug-likeness (QED) is 0.654. The first-order chi connectivity index (χ1) is 13.0. The number of amides is 3. The first-order valence-corrected chi connectivity index (χ1v) is 8.99. The summed E-state index contributed by atoms with van der Waals surface area (Å²) in [6.07, 6.45) is 0. The van der Waals surface area contributed by atoms with Crippen LogP contribution in [-0.4, -0.2) is 41.3 Å². The molecule has 27 heavy (non-hydrogen) atoms. The molecule has 0 unspecified atom stereocenters. The molecule has 0 radical (unpaired) electrons. The van der Waals surface area contributed by atoms with Gasteiger partial charge in [0, 0.05) is 12.4 Å². The van der Waals surface area contributed by atoms with Gasteiger partial charge in [-0.05, 0) is 18.6 Å². The molecule has 9 heteroatoms. The molecule has 0 fully saturated rings. The molecule has 140 valence electrons. The first kappa shape index (κ1) is 18.6. The summed E-state index contributed by atoms with van der Waals surface area (Å²) in [5.74, 6) is -1.32. The van der Waals surface area contributed by atoms with Crippen molar-refractivity contribution < 1.29 is 19.1 Å². The smallest absolute Gasteiger partial charge is 0.348 e. The van der Waals surface area contributed by atoms with Crippen LogP contribution < -0.4 is 10.6 Å². The van der Waals surface area contributed by atoms with Crippen molar-refractivity contribution in [2.24, 2.45) is 0 Å². The summed E-state index contributed by atoms with van der Waals surface area (Å²) in [6, 6.07) is 11.0. The lowest BCUT2D eigenvalue weighted by Crippen LogP contribution is -2.39. The number of ether oxygens (including phenoxy) is 1. The van der Waals surface area contributed by atoms with Gasteiger partial charge in [-0.15, -0.1) is 11.3 Å². The fraction of sp³-hybridized carbons (Fsp3) is 0.222. The Hall–Kier alpha value is -3.20. The summed E-state index contributed by atoms with van der Waals surface area (Å²) in [6.45, 7) is 1.94. The second-order valence-corrected chi connectivity index (χ2v) is 6.79. The predicted octanol–water partition coefficient (Wildman–Crippen LogP) is 2.07. The van der Waals surface area contributed by atoms with Crippen molar-refractivity contribution in [2.75, 3.05) is 13.7 Å². The molecule has 0 saturated heterocycles. The summed E-state index contributed by atoms with van der Waals surface area (Å²) < 4.78 is 6.83. The van der Waals surface area contributed by atoms with E-state index in [1.165, 1.54) is 18.4 Å². The molecule has 0 aliphatic heterocycles. The lowest BCUT2D eigenvalue weighted by atomic mass is 10.2. The monoisotopic (exact) mass is 386 g/mol. The van der Waals surface area contributed by atoms with E-state index in [-0.39, 0.29) is 0 Å². The fourth-order valence-electron chi connectivity index (χ4n) is 2.50. The molecule has 2 N–H and O–H groups in total. The van der Waals surface area contributed by atoms with Crippen molar-refractivity contribution >= 4 is 39.5 Å². The summed E-state index contributed by atoms with van der Waals surface area (Å²) in [5.41, 5.74) is 1.92. The molecule has 3 aromatic rings. The molecule has 2 heterocycles. The maximum atomic E-state index is 12.2. The van der Waals surface area contributed by atoms with E-state index >= 15 is 0 Å². The van der Waals surface area contributed by atoms with Crippen LogP contribution in [0.25, 0.3) is 10.2 Å². The Morgan fingerprint density at radius 1 is 1.22 bits per heavy atom. The minimum absolute atomic E-state index is 0.375. The molecule has 0 spiro atoms. The summed E-state index contributed by atoms with van der Waals surface area (Å²) in [7, 11) is 1.38.